The highest BCUT2D eigenvalue weighted by Crippen LogP contribution is 2.25. The smallest absolute Gasteiger partial charge is 0.224 e. The molecule has 0 aliphatic heterocycles. The van der Waals surface area contributed by atoms with Crippen LogP contribution in [0.4, 0.5) is 5.69 Å². The number of aryl methyl sites for hydroxylation is 2. The molecule has 5 heteroatoms. The number of rotatable bonds is 8. The van der Waals surface area contributed by atoms with Crippen molar-refractivity contribution < 1.29 is 14.3 Å². The molecule has 2 rings (SSSR count). The molecule has 0 heterocycles. The maximum absolute atomic E-state index is 12.2. The van der Waals surface area contributed by atoms with E-state index in [9.17, 15) is 9.59 Å². The fourth-order valence-corrected chi connectivity index (χ4v) is 3.12. The number of para-hydroxylation sites is 1. The molecule has 2 aromatic carbocycles. The largest absolute Gasteiger partial charge is 0.497 e. The van der Waals surface area contributed by atoms with Crippen LogP contribution in [0.2, 0.25) is 0 Å². The second-order valence-corrected chi connectivity index (χ2v) is 6.48. The van der Waals surface area contributed by atoms with Gasteiger partial charge in [0, 0.05) is 25.7 Å². The van der Waals surface area contributed by atoms with E-state index in [1.165, 1.54) is 0 Å². The summed E-state index contributed by atoms with van der Waals surface area (Å²) in [5, 5.41) is 2.91. The molecule has 0 aliphatic carbocycles. The maximum Gasteiger partial charge on any atom is 0.224 e. The van der Waals surface area contributed by atoms with E-state index >= 15 is 0 Å². The Morgan fingerprint density at radius 1 is 1.11 bits per heavy atom. The predicted octanol–water partition coefficient (Wildman–Crippen LogP) is 3.28. The molecule has 2 aromatic rings. The van der Waals surface area contributed by atoms with E-state index in [1.54, 1.807) is 18.9 Å². The van der Waals surface area contributed by atoms with Gasteiger partial charge in [0.1, 0.15) is 5.75 Å². The number of carbonyl (C=O) groups excluding carboxylic acids is 2. The topological polar surface area (TPSA) is 58.6 Å². The third-order valence-corrected chi connectivity index (χ3v) is 4.53. The Morgan fingerprint density at radius 3 is 2.41 bits per heavy atom. The number of hydrogen-bond acceptors (Lipinski definition) is 3. The first-order chi connectivity index (χ1) is 13.0. The van der Waals surface area contributed by atoms with Gasteiger partial charge in [-0.05, 0) is 42.2 Å². The van der Waals surface area contributed by atoms with Gasteiger partial charge in [0.25, 0.3) is 0 Å². The Bertz CT molecular complexity index is 785. The van der Waals surface area contributed by atoms with Crippen LogP contribution in [0.3, 0.4) is 0 Å². The van der Waals surface area contributed by atoms with Gasteiger partial charge in [0.2, 0.25) is 11.8 Å². The fourth-order valence-electron chi connectivity index (χ4n) is 3.12. The van der Waals surface area contributed by atoms with Gasteiger partial charge in [-0.2, -0.15) is 0 Å². The Labute approximate surface area is 161 Å². The molecule has 0 spiro atoms. The second-order valence-electron chi connectivity index (χ2n) is 6.48. The lowest BCUT2D eigenvalue weighted by Crippen LogP contribution is -2.38. The number of methoxy groups -OCH3 is 1. The number of anilines is 1. The van der Waals surface area contributed by atoms with Crippen molar-refractivity contribution in [2.75, 3.05) is 25.1 Å². The molecule has 0 atom stereocenters. The van der Waals surface area contributed by atoms with E-state index in [1.807, 2.05) is 49.4 Å². The molecule has 27 heavy (non-hydrogen) atoms. The quantitative estimate of drug-likeness (QED) is 0.778. The molecular formula is C22H28N2O3. The first kappa shape index (κ1) is 20.5. The van der Waals surface area contributed by atoms with Crippen molar-refractivity contribution in [1.82, 2.24) is 5.32 Å². The third kappa shape index (κ3) is 5.58. The van der Waals surface area contributed by atoms with Crippen molar-refractivity contribution in [3.8, 4) is 5.75 Å². The molecule has 144 valence electrons. The summed E-state index contributed by atoms with van der Waals surface area (Å²) in [7, 11) is 1.61. The summed E-state index contributed by atoms with van der Waals surface area (Å²) in [4.78, 5) is 26.1. The average Bonchev–Trinajstić information content (AvgIpc) is 2.66. The van der Waals surface area contributed by atoms with Crippen molar-refractivity contribution in [1.29, 1.82) is 0 Å². The molecule has 0 bridgehead atoms. The van der Waals surface area contributed by atoms with E-state index in [4.69, 9.17) is 4.74 Å². The number of benzene rings is 2. The van der Waals surface area contributed by atoms with Gasteiger partial charge in [-0.15, -0.1) is 0 Å². The lowest BCUT2D eigenvalue weighted by molar-refractivity contribution is -0.121. The highest BCUT2D eigenvalue weighted by molar-refractivity contribution is 5.93. The zero-order valence-corrected chi connectivity index (χ0v) is 16.5. The van der Waals surface area contributed by atoms with Crippen molar-refractivity contribution in [2.45, 2.75) is 33.6 Å². The molecule has 0 aromatic heterocycles. The molecule has 5 nitrogen and oxygen atoms in total. The van der Waals surface area contributed by atoms with Crippen LogP contribution in [0, 0.1) is 6.92 Å². The summed E-state index contributed by atoms with van der Waals surface area (Å²) < 4.78 is 5.12. The molecule has 1 N–H and O–H groups in total. The number of ether oxygens (including phenoxy) is 1. The van der Waals surface area contributed by atoms with Crippen molar-refractivity contribution in [3.63, 3.8) is 0 Å². The minimum atomic E-state index is -0.0656. The lowest BCUT2D eigenvalue weighted by Gasteiger charge is -2.26. The lowest BCUT2D eigenvalue weighted by atomic mass is 10.0. The van der Waals surface area contributed by atoms with Gasteiger partial charge in [0.15, 0.2) is 0 Å². The number of carbonyl (C=O) groups is 2. The van der Waals surface area contributed by atoms with Crippen LogP contribution in [0.25, 0.3) is 0 Å². The van der Waals surface area contributed by atoms with E-state index in [0.717, 1.165) is 34.5 Å². The molecule has 2 amide bonds. The Kier molecular flexibility index (Phi) is 7.41. The third-order valence-electron chi connectivity index (χ3n) is 4.53. The SMILES string of the molecule is CCc1cccc(C)c1N(CCNC(=O)Cc1ccc(OC)cc1)C(C)=O. The summed E-state index contributed by atoms with van der Waals surface area (Å²) in [6, 6.07) is 13.5. The number of amides is 2. The van der Waals surface area contributed by atoms with Gasteiger partial charge in [0.05, 0.1) is 13.5 Å². The van der Waals surface area contributed by atoms with Gasteiger partial charge < -0.3 is 15.0 Å². The summed E-state index contributed by atoms with van der Waals surface area (Å²) >= 11 is 0. The van der Waals surface area contributed by atoms with E-state index in [-0.39, 0.29) is 11.8 Å². The zero-order chi connectivity index (χ0) is 19.8. The van der Waals surface area contributed by atoms with Crippen LogP contribution >= 0.6 is 0 Å². The molecule has 0 radical (unpaired) electrons. The van der Waals surface area contributed by atoms with E-state index in [0.29, 0.717) is 19.5 Å². The summed E-state index contributed by atoms with van der Waals surface area (Å²) in [6.45, 7) is 6.50. The first-order valence-corrected chi connectivity index (χ1v) is 9.22. The normalized spacial score (nSPS) is 10.4. The molecule has 0 saturated heterocycles. The highest BCUT2D eigenvalue weighted by atomic mass is 16.5. The Morgan fingerprint density at radius 2 is 1.81 bits per heavy atom. The van der Waals surface area contributed by atoms with Crippen molar-refractivity contribution in [3.05, 3.63) is 59.2 Å². The van der Waals surface area contributed by atoms with Crippen molar-refractivity contribution >= 4 is 17.5 Å². The molecule has 0 saturated carbocycles. The summed E-state index contributed by atoms with van der Waals surface area (Å²) in [5.41, 5.74) is 4.07. The Hall–Kier alpha value is -2.82. The zero-order valence-electron chi connectivity index (χ0n) is 16.5. The first-order valence-electron chi connectivity index (χ1n) is 9.22. The summed E-state index contributed by atoms with van der Waals surface area (Å²) in [5.74, 6) is 0.675. The monoisotopic (exact) mass is 368 g/mol. The van der Waals surface area contributed by atoms with Crippen LogP contribution in [0.1, 0.15) is 30.5 Å². The number of nitrogens with one attached hydrogen (secondary N) is 1. The van der Waals surface area contributed by atoms with E-state index in [2.05, 4.69) is 12.2 Å². The van der Waals surface area contributed by atoms with E-state index < -0.39 is 0 Å². The minimum absolute atomic E-state index is 0.0246. The standard InChI is InChI=1S/C22H28N2O3/c1-5-19-8-6-7-16(2)22(19)24(17(3)25)14-13-23-21(26)15-18-9-11-20(27-4)12-10-18/h6-12H,5,13-15H2,1-4H3,(H,23,26). The summed E-state index contributed by atoms with van der Waals surface area (Å²) in [6.07, 6.45) is 1.15. The predicted molar refractivity (Wildman–Crippen MR) is 108 cm³/mol. The van der Waals surface area contributed by atoms with Gasteiger partial charge in [-0.25, -0.2) is 0 Å². The van der Waals surface area contributed by atoms with Crippen LogP contribution in [0.5, 0.6) is 5.75 Å². The fraction of sp³-hybridized carbons (Fsp3) is 0.364. The number of hydrogen-bond donors (Lipinski definition) is 1. The van der Waals surface area contributed by atoms with Crippen LogP contribution in [0.15, 0.2) is 42.5 Å². The molecule has 0 fully saturated rings. The van der Waals surface area contributed by atoms with Crippen LogP contribution in [-0.2, 0) is 22.4 Å². The minimum Gasteiger partial charge on any atom is -0.497 e. The maximum atomic E-state index is 12.2. The number of nitrogens with zero attached hydrogens (tertiary/aromatic N) is 1. The molecule has 0 unspecified atom stereocenters. The van der Waals surface area contributed by atoms with Crippen LogP contribution < -0.4 is 15.0 Å². The van der Waals surface area contributed by atoms with Crippen molar-refractivity contribution in [2.24, 2.45) is 0 Å². The highest BCUT2D eigenvalue weighted by Gasteiger charge is 2.17. The van der Waals surface area contributed by atoms with Gasteiger partial charge >= 0.3 is 0 Å². The van der Waals surface area contributed by atoms with Gasteiger partial charge in [-0.1, -0.05) is 37.3 Å². The van der Waals surface area contributed by atoms with Gasteiger partial charge in [-0.3, -0.25) is 9.59 Å². The van der Waals surface area contributed by atoms with Crippen LogP contribution in [-0.4, -0.2) is 32.0 Å². The Balaban J connectivity index is 1.96. The molecule has 0 aliphatic rings. The average molecular weight is 368 g/mol. The second kappa shape index (κ2) is 9.76. The molecular weight excluding hydrogens is 340 g/mol.